The third-order valence-corrected chi connectivity index (χ3v) is 5.02. The zero-order valence-corrected chi connectivity index (χ0v) is 12.6. The Morgan fingerprint density at radius 1 is 1.29 bits per heavy atom. The Morgan fingerprint density at radius 2 is 2.05 bits per heavy atom. The quantitative estimate of drug-likeness (QED) is 0.907. The van der Waals surface area contributed by atoms with Gasteiger partial charge in [0, 0.05) is 19.7 Å². The molecule has 21 heavy (non-hydrogen) atoms. The van der Waals surface area contributed by atoms with E-state index in [2.05, 4.69) is 0 Å². The van der Waals surface area contributed by atoms with Gasteiger partial charge >= 0.3 is 5.97 Å². The van der Waals surface area contributed by atoms with Crippen molar-refractivity contribution in [1.29, 1.82) is 0 Å². The number of piperidine rings is 1. The molecule has 0 spiro atoms. The first kappa shape index (κ1) is 14.5. The molecule has 0 radical (unpaired) electrons. The average molecular weight is 309 g/mol. The predicted octanol–water partition coefficient (Wildman–Crippen LogP) is 2.48. The lowest BCUT2D eigenvalue weighted by atomic mass is 10.1. The van der Waals surface area contributed by atoms with E-state index in [4.69, 9.17) is 9.84 Å². The molecule has 6 heteroatoms. The summed E-state index contributed by atoms with van der Waals surface area (Å²) in [7, 11) is 0. The van der Waals surface area contributed by atoms with Crippen molar-refractivity contribution in [2.45, 2.75) is 31.8 Å². The van der Waals surface area contributed by atoms with Gasteiger partial charge in [-0.15, -0.1) is 11.3 Å². The summed E-state index contributed by atoms with van der Waals surface area (Å²) in [6, 6.07) is 3.09. The maximum atomic E-state index is 12.4. The molecule has 1 aliphatic carbocycles. The van der Waals surface area contributed by atoms with Gasteiger partial charge in [0.1, 0.15) is 4.88 Å². The van der Waals surface area contributed by atoms with Crippen LogP contribution in [0.5, 0.6) is 0 Å². The molecular weight excluding hydrogens is 290 g/mol. The monoisotopic (exact) mass is 309 g/mol. The number of rotatable bonds is 5. The van der Waals surface area contributed by atoms with Crippen LogP contribution >= 0.6 is 11.3 Å². The van der Waals surface area contributed by atoms with E-state index in [0.717, 1.165) is 43.2 Å². The van der Waals surface area contributed by atoms with Crippen molar-refractivity contribution in [3.63, 3.8) is 0 Å². The number of hydrogen-bond donors (Lipinski definition) is 1. The highest BCUT2D eigenvalue weighted by molar-refractivity contribution is 7.15. The Labute approximate surface area is 127 Å². The summed E-state index contributed by atoms with van der Waals surface area (Å²) in [5.41, 5.74) is 0. The van der Waals surface area contributed by atoms with Gasteiger partial charge in [-0.3, -0.25) is 4.79 Å². The molecule has 1 aromatic heterocycles. The minimum atomic E-state index is -0.983. The Balaban J connectivity index is 1.58. The van der Waals surface area contributed by atoms with Crippen molar-refractivity contribution in [2.75, 3.05) is 19.7 Å². The SMILES string of the molecule is O=C(O)c1ccc(C(=O)N2CCCC(OCC3CC3)C2)s1. The molecule has 1 saturated heterocycles. The van der Waals surface area contributed by atoms with E-state index in [1.54, 1.807) is 11.0 Å². The Bertz CT molecular complexity index is 538. The van der Waals surface area contributed by atoms with Crippen LogP contribution in [0, 0.1) is 5.92 Å². The molecule has 1 saturated carbocycles. The standard InChI is InChI=1S/C15H19NO4S/c17-14(12-5-6-13(21-12)15(18)19)16-7-1-2-11(8-16)20-9-10-3-4-10/h5-6,10-11H,1-4,7-9H2,(H,18,19). The largest absolute Gasteiger partial charge is 0.477 e. The Morgan fingerprint density at radius 3 is 2.71 bits per heavy atom. The second kappa shape index (κ2) is 6.15. The highest BCUT2D eigenvalue weighted by Gasteiger charge is 2.28. The lowest BCUT2D eigenvalue weighted by Crippen LogP contribution is -2.43. The number of carboxylic acids is 1. The minimum Gasteiger partial charge on any atom is -0.477 e. The normalized spacial score (nSPS) is 22.3. The summed E-state index contributed by atoms with van der Waals surface area (Å²) < 4.78 is 5.88. The lowest BCUT2D eigenvalue weighted by molar-refractivity contribution is -0.00227. The van der Waals surface area contributed by atoms with Gasteiger partial charge in [0.15, 0.2) is 0 Å². The summed E-state index contributed by atoms with van der Waals surface area (Å²) in [6.07, 6.45) is 4.60. The van der Waals surface area contributed by atoms with E-state index < -0.39 is 5.97 Å². The molecule has 2 aliphatic rings. The number of carboxylic acid groups (broad SMARTS) is 1. The summed E-state index contributed by atoms with van der Waals surface area (Å²) in [5, 5.41) is 8.93. The van der Waals surface area contributed by atoms with E-state index in [-0.39, 0.29) is 16.9 Å². The first-order valence-corrected chi connectivity index (χ1v) is 8.19. The maximum absolute atomic E-state index is 12.4. The molecule has 3 rings (SSSR count). The fourth-order valence-corrected chi connectivity index (χ4v) is 3.35. The van der Waals surface area contributed by atoms with Crippen molar-refractivity contribution in [3.05, 3.63) is 21.9 Å². The van der Waals surface area contributed by atoms with Gasteiger partial charge in [-0.25, -0.2) is 4.79 Å². The third kappa shape index (κ3) is 3.63. The van der Waals surface area contributed by atoms with Gasteiger partial charge in [-0.1, -0.05) is 0 Å². The van der Waals surface area contributed by atoms with Gasteiger partial charge < -0.3 is 14.7 Å². The zero-order valence-electron chi connectivity index (χ0n) is 11.8. The first-order chi connectivity index (χ1) is 10.1. The van der Waals surface area contributed by atoms with Crippen molar-refractivity contribution < 1.29 is 19.4 Å². The summed E-state index contributed by atoms with van der Waals surface area (Å²) in [6.45, 7) is 2.16. The highest BCUT2D eigenvalue weighted by atomic mass is 32.1. The molecule has 0 aromatic carbocycles. The summed E-state index contributed by atoms with van der Waals surface area (Å²) >= 11 is 1.04. The van der Waals surface area contributed by atoms with Crippen LogP contribution in [-0.4, -0.2) is 47.7 Å². The van der Waals surface area contributed by atoms with Crippen LogP contribution in [0.2, 0.25) is 0 Å². The van der Waals surface area contributed by atoms with Crippen LogP contribution in [0.25, 0.3) is 0 Å². The molecule has 1 amide bonds. The predicted molar refractivity (Wildman–Crippen MR) is 78.9 cm³/mol. The van der Waals surface area contributed by atoms with Gasteiger partial charge in [0.05, 0.1) is 11.0 Å². The number of aromatic carboxylic acids is 1. The number of hydrogen-bond acceptors (Lipinski definition) is 4. The van der Waals surface area contributed by atoms with Crippen molar-refractivity contribution in [1.82, 2.24) is 4.90 Å². The van der Waals surface area contributed by atoms with E-state index in [1.165, 1.54) is 18.9 Å². The van der Waals surface area contributed by atoms with Gasteiger partial charge in [0.25, 0.3) is 5.91 Å². The number of carbonyl (C=O) groups excluding carboxylic acids is 1. The summed E-state index contributed by atoms with van der Waals surface area (Å²) in [4.78, 5) is 25.8. The van der Waals surface area contributed by atoms with Crippen LogP contribution in [0.4, 0.5) is 0 Å². The number of thiophene rings is 1. The molecule has 2 fully saturated rings. The highest BCUT2D eigenvalue weighted by Crippen LogP contribution is 2.30. The van der Waals surface area contributed by atoms with E-state index in [1.807, 2.05) is 0 Å². The molecule has 0 bridgehead atoms. The Kier molecular flexibility index (Phi) is 4.26. The number of ether oxygens (including phenoxy) is 1. The number of amides is 1. The number of carbonyl (C=O) groups is 2. The fourth-order valence-electron chi connectivity index (χ4n) is 2.54. The minimum absolute atomic E-state index is 0.0766. The van der Waals surface area contributed by atoms with Crippen LogP contribution in [0.1, 0.15) is 45.0 Å². The summed E-state index contributed by atoms with van der Waals surface area (Å²) in [5.74, 6) is -0.331. The molecule has 1 atom stereocenters. The van der Waals surface area contributed by atoms with Crippen LogP contribution in [0.15, 0.2) is 12.1 Å². The molecule has 1 N–H and O–H groups in total. The van der Waals surface area contributed by atoms with Crippen LogP contribution in [-0.2, 0) is 4.74 Å². The molecule has 2 heterocycles. The van der Waals surface area contributed by atoms with Gasteiger partial charge in [-0.05, 0) is 43.7 Å². The fraction of sp³-hybridized carbons (Fsp3) is 0.600. The topological polar surface area (TPSA) is 66.8 Å². The molecule has 5 nitrogen and oxygen atoms in total. The molecule has 1 unspecified atom stereocenters. The van der Waals surface area contributed by atoms with Crippen LogP contribution < -0.4 is 0 Å². The van der Waals surface area contributed by atoms with Crippen molar-refractivity contribution in [2.24, 2.45) is 5.92 Å². The smallest absolute Gasteiger partial charge is 0.345 e. The van der Waals surface area contributed by atoms with Crippen LogP contribution in [0.3, 0.4) is 0 Å². The lowest BCUT2D eigenvalue weighted by Gasteiger charge is -2.32. The second-order valence-electron chi connectivity index (χ2n) is 5.76. The molecule has 1 aliphatic heterocycles. The van der Waals surface area contributed by atoms with Crippen molar-refractivity contribution in [3.8, 4) is 0 Å². The second-order valence-corrected chi connectivity index (χ2v) is 6.84. The van der Waals surface area contributed by atoms with Gasteiger partial charge in [-0.2, -0.15) is 0 Å². The van der Waals surface area contributed by atoms with Gasteiger partial charge in [0.2, 0.25) is 0 Å². The molecule has 1 aromatic rings. The third-order valence-electron chi connectivity index (χ3n) is 3.96. The Hall–Kier alpha value is -1.40. The molecule has 114 valence electrons. The number of nitrogens with zero attached hydrogens (tertiary/aromatic N) is 1. The molecular formula is C15H19NO4S. The average Bonchev–Trinajstić information content (AvgIpc) is 3.18. The van der Waals surface area contributed by atoms with E-state index in [0.29, 0.717) is 11.4 Å². The van der Waals surface area contributed by atoms with E-state index >= 15 is 0 Å². The van der Waals surface area contributed by atoms with Crippen molar-refractivity contribution >= 4 is 23.2 Å². The van der Waals surface area contributed by atoms with E-state index in [9.17, 15) is 9.59 Å². The maximum Gasteiger partial charge on any atom is 0.345 e. The zero-order chi connectivity index (χ0) is 14.8. The first-order valence-electron chi connectivity index (χ1n) is 7.37. The number of likely N-dealkylation sites (tertiary alicyclic amines) is 1.